The average Bonchev–Trinajstić information content (AvgIpc) is 2.15. The number of rotatable bonds is 2. The lowest BCUT2D eigenvalue weighted by molar-refractivity contribution is 0.0696. The largest absolute Gasteiger partial charge is 0.507 e. The van der Waals surface area contributed by atoms with E-state index in [1.54, 1.807) is 12.1 Å². The van der Waals surface area contributed by atoms with Crippen LogP contribution in [0.1, 0.15) is 62.0 Å². The van der Waals surface area contributed by atoms with E-state index >= 15 is 0 Å². The van der Waals surface area contributed by atoms with Crippen molar-refractivity contribution >= 4 is 5.97 Å². The van der Waals surface area contributed by atoms with Gasteiger partial charge in [-0.3, -0.25) is 0 Å². The van der Waals surface area contributed by atoms with Crippen LogP contribution >= 0.6 is 0 Å². The highest BCUT2D eigenvalue weighted by Gasteiger charge is 2.23. The van der Waals surface area contributed by atoms with Gasteiger partial charge in [0.25, 0.3) is 0 Å². The molecule has 0 radical (unpaired) electrons. The van der Waals surface area contributed by atoms with Gasteiger partial charge >= 0.3 is 5.97 Å². The molecule has 0 amide bonds. The van der Waals surface area contributed by atoms with Crippen LogP contribution in [-0.2, 0) is 5.41 Å². The molecule has 3 heteroatoms. The molecule has 0 aliphatic carbocycles. The third-order valence-corrected chi connectivity index (χ3v) is 2.82. The fourth-order valence-electron chi connectivity index (χ4n) is 1.79. The van der Waals surface area contributed by atoms with E-state index in [4.69, 9.17) is 5.11 Å². The number of benzene rings is 1. The van der Waals surface area contributed by atoms with Crippen LogP contribution in [0.15, 0.2) is 12.1 Å². The minimum Gasteiger partial charge on any atom is -0.507 e. The van der Waals surface area contributed by atoms with Crippen molar-refractivity contribution in [2.24, 2.45) is 0 Å². The van der Waals surface area contributed by atoms with Crippen LogP contribution in [0, 0.1) is 0 Å². The number of carboxylic acids is 1. The minimum atomic E-state index is -0.961. The van der Waals surface area contributed by atoms with Crippen molar-refractivity contribution in [3.8, 4) is 5.75 Å². The van der Waals surface area contributed by atoms with E-state index in [-0.39, 0.29) is 22.6 Å². The molecule has 1 aromatic carbocycles. The third kappa shape index (κ3) is 2.78. The Labute approximate surface area is 102 Å². The van der Waals surface area contributed by atoms with Gasteiger partial charge in [-0.1, -0.05) is 34.6 Å². The SMILES string of the molecule is CC(C)c1cc(C(=O)O)cc(C(C)(C)C)c1O. The van der Waals surface area contributed by atoms with Crippen molar-refractivity contribution < 1.29 is 15.0 Å². The number of hydrogen-bond acceptors (Lipinski definition) is 2. The summed E-state index contributed by atoms with van der Waals surface area (Å²) in [5.41, 5.74) is 1.33. The molecule has 0 fully saturated rings. The molecule has 17 heavy (non-hydrogen) atoms. The second-order valence-corrected chi connectivity index (χ2v) is 5.67. The van der Waals surface area contributed by atoms with Crippen LogP contribution in [0.5, 0.6) is 5.75 Å². The molecule has 1 rings (SSSR count). The van der Waals surface area contributed by atoms with Crippen molar-refractivity contribution in [1.29, 1.82) is 0 Å². The fraction of sp³-hybridized carbons (Fsp3) is 0.500. The molecule has 0 heterocycles. The zero-order valence-electron chi connectivity index (χ0n) is 11.0. The molecule has 0 saturated carbocycles. The molecule has 0 bridgehead atoms. The summed E-state index contributed by atoms with van der Waals surface area (Å²) >= 11 is 0. The van der Waals surface area contributed by atoms with Gasteiger partial charge < -0.3 is 10.2 Å². The van der Waals surface area contributed by atoms with E-state index in [1.165, 1.54) is 0 Å². The molecule has 0 atom stereocenters. The second-order valence-electron chi connectivity index (χ2n) is 5.67. The first-order valence-corrected chi connectivity index (χ1v) is 5.75. The number of carboxylic acid groups (broad SMARTS) is 1. The highest BCUT2D eigenvalue weighted by atomic mass is 16.4. The Kier molecular flexibility index (Phi) is 3.51. The van der Waals surface area contributed by atoms with Crippen LogP contribution in [0.25, 0.3) is 0 Å². The number of aromatic carboxylic acids is 1. The number of carbonyl (C=O) groups is 1. The van der Waals surface area contributed by atoms with Gasteiger partial charge in [0, 0.05) is 5.56 Å². The highest BCUT2D eigenvalue weighted by molar-refractivity contribution is 5.88. The average molecular weight is 236 g/mol. The van der Waals surface area contributed by atoms with E-state index in [2.05, 4.69) is 0 Å². The van der Waals surface area contributed by atoms with Crippen LogP contribution in [0.4, 0.5) is 0 Å². The quantitative estimate of drug-likeness (QED) is 0.826. The maximum atomic E-state index is 11.1. The van der Waals surface area contributed by atoms with E-state index in [0.717, 1.165) is 0 Å². The molecule has 0 unspecified atom stereocenters. The molecule has 0 aliphatic rings. The van der Waals surface area contributed by atoms with Crippen molar-refractivity contribution in [2.45, 2.75) is 46.0 Å². The van der Waals surface area contributed by atoms with Gasteiger partial charge in [0.05, 0.1) is 5.56 Å². The Morgan fingerprint density at radius 3 is 2.12 bits per heavy atom. The second kappa shape index (κ2) is 4.40. The molecular weight excluding hydrogens is 216 g/mol. The standard InChI is InChI=1S/C14H20O3/c1-8(2)10-6-9(13(16)17)7-11(12(10)15)14(3,4)5/h6-8,15H,1-5H3,(H,16,17). The predicted octanol–water partition coefficient (Wildman–Crippen LogP) is 3.51. The molecule has 2 N–H and O–H groups in total. The van der Waals surface area contributed by atoms with E-state index in [0.29, 0.717) is 11.1 Å². The van der Waals surface area contributed by atoms with Crippen molar-refractivity contribution in [3.63, 3.8) is 0 Å². The predicted molar refractivity (Wildman–Crippen MR) is 67.9 cm³/mol. The maximum absolute atomic E-state index is 11.1. The van der Waals surface area contributed by atoms with Gasteiger partial charge in [0.15, 0.2) is 0 Å². The van der Waals surface area contributed by atoms with Crippen LogP contribution in [0.2, 0.25) is 0 Å². The van der Waals surface area contributed by atoms with Crippen LogP contribution in [-0.4, -0.2) is 16.2 Å². The van der Waals surface area contributed by atoms with Gasteiger partial charge in [0.1, 0.15) is 5.75 Å². The normalized spacial score (nSPS) is 11.9. The number of hydrogen-bond donors (Lipinski definition) is 2. The fourth-order valence-corrected chi connectivity index (χ4v) is 1.79. The van der Waals surface area contributed by atoms with Crippen molar-refractivity contribution in [2.75, 3.05) is 0 Å². The summed E-state index contributed by atoms with van der Waals surface area (Å²) < 4.78 is 0. The number of phenolic OH excluding ortho intramolecular Hbond substituents is 1. The summed E-state index contributed by atoms with van der Waals surface area (Å²) in [5, 5.41) is 19.3. The Balaban J connectivity index is 3.55. The van der Waals surface area contributed by atoms with Gasteiger partial charge in [-0.05, 0) is 29.0 Å². The lowest BCUT2D eigenvalue weighted by atomic mass is 9.82. The number of aromatic hydroxyl groups is 1. The summed E-state index contributed by atoms with van der Waals surface area (Å²) in [7, 11) is 0. The lowest BCUT2D eigenvalue weighted by Gasteiger charge is -2.23. The topological polar surface area (TPSA) is 57.5 Å². The summed E-state index contributed by atoms with van der Waals surface area (Å²) in [6.07, 6.45) is 0. The molecule has 0 spiro atoms. The third-order valence-electron chi connectivity index (χ3n) is 2.82. The van der Waals surface area contributed by atoms with Gasteiger partial charge in [0.2, 0.25) is 0 Å². The summed E-state index contributed by atoms with van der Waals surface area (Å²) in [6, 6.07) is 3.11. The van der Waals surface area contributed by atoms with Crippen LogP contribution < -0.4 is 0 Å². The molecule has 3 nitrogen and oxygen atoms in total. The maximum Gasteiger partial charge on any atom is 0.335 e. The first kappa shape index (κ1) is 13.6. The molecule has 94 valence electrons. The zero-order chi connectivity index (χ0) is 13.4. The molecule has 0 saturated heterocycles. The Morgan fingerprint density at radius 1 is 1.24 bits per heavy atom. The lowest BCUT2D eigenvalue weighted by Crippen LogP contribution is -2.14. The molecule has 1 aromatic rings. The smallest absolute Gasteiger partial charge is 0.335 e. The monoisotopic (exact) mass is 236 g/mol. The number of phenols is 1. The van der Waals surface area contributed by atoms with Crippen molar-refractivity contribution in [1.82, 2.24) is 0 Å². The molecular formula is C14H20O3. The Bertz CT molecular complexity index is 440. The summed E-state index contributed by atoms with van der Waals surface area (Å²) in [4.78, 5) is 11.1. The Hall–Kier alpha value is -1.51. The minimum absolute atomic E-state index is 0.0930. The highest BCUT2D eigenvalue weighted by Crippen LogP contribution is 2.37. The first-order chi connectivity index (χ1) is 7.64. The molecule has 0 aromatic heterocycles. The van der Waals surface area contributed by atoms with Crippen LogP contribution in [0.3, 0.4) is 0 Å². The Morgan fingerprint density at radius 2 is 1.76 bits per heavy atom. The first-order valence-electron chi connectivity index (χ1n) is 5.75. The summed E-state index contributed by atoms with van der Waals surface area (Å²) in [6.45, 7) is 9.74. The van der Waals surface area contributed by atoms with Gasteiger partial charge in [-0.2, -0.15) is 0 Å². The van der Waals surface area contributed by atoms with Gasteiger partial charge in [-0.15, -0.1) is 0 Å². The summed E-state index contributed by atoms with van der Waals surface area (Å²) in [5.74, 6) is -0.648. The molecule has 0 aliphatic heterocycles. The zero-order valence-corrected chi connectivity index (χ0v) is 11.0. The van der Waals surface area contributed by atoms with E-state index in [9.17, 15) is 9.90 Å². The van der Waals surface area contributed by atoms with E-state index in [1.807, 2.05) is 34.6 Å². The van der Waals surface area contributed by atoms with E-state index < -0.39 is 5.97 Å². The van der Waals surface area contributed by atoms with Gasteiger partial charge in [-0.25, -0.2) is 4.79 Å². The van der Waals surface area contributed by atoms with Crippen molar-refractivity contribution in [3.05, 3.63) is 28.8 Å².